The van der Waals surface area contributed by atoms with Crippen molar-refractivity contribution in [3.8, 4) is 0 Å². The van der Waals surface area contributed by atoms with Gasteiger partial charge < -0.3 is 4.90 Å². The van der Waals surface area contributed by atoms with Gasteiger partial charge in [0.05, 0.1) is 18.2 Å². The molecule has 30 heavy (non-hydrogen) atoms. The molecule has 5 nitrogen and oxygen atoms in total. The summed E-state index contributed by atoms with van der Waals surface area (Å²) in [7, 11) is 0. The molecule has 0 aromatic heterocycles. The van der Waals surface area contributed by atoms with Crippen LogP contribution in [0.25, 0.3) is 0 Å². The van der Waals surface area contributed by atoms with Gasteiger partial charge in [-0.15, -0.1) is 0 Å². The number of hydrazone groups is 1. The van der Waals surface area contributed by atoms with E-state index in [-0.39, 0.29) is 18.5 Å². The van der Waals surface area contributed by atoms with Crippen LogP contribution < -0.4 is 4.90 Å². The Balaban J connectivity index is 1.34. The number of carbonyl (C=O) groups excluding carboxylic acids is 1. The van der Waals surface area contributed by atoms with Crippen LogP contribution in [0, 0.1) is 0 Å². The lowest BCUT2D eigenvalue weighted by atomic mass is 10.0. The van der Waals surface area contributed by atoms with Crippen molar-refractivity contribution >= 4 is 17.8 Å². The molecule has 2 aliphatic heterocycles. The van der Waals surface area contributed by atoms with Gasteiger partial charge >= 0.3 is 6.18 Å². The monoisotopic (exact) mass is 416 g/mol. The Morgan fingerprint density at radius 2 is 1.73 bits per heavy atom. The first-order chi connectivity index (χ1) is 14.4. The Hall–Kier alpha value is -2.87. The van der Waals surface area contributed by atoms with E-state index in [1.807, 2.05) is 40.1 Å². The minimum absolute atomic E-state index is 0.0647. The number of benzene rings is 2. The number of hydrogen-bond acceptors (Lipinski definition) is 4. The number of carbonyl (C=O) groups is 1. The van der Waals surface area contributed by atoms with Gasteiger partial charge in [0.2, 0.25) is 0 Å². The molecule has 0 spiro atoms. The molecular formula is C22H23F3N4O. The van der Waals surface area contributed by atoms with Crippen LogP contribution in [0.5, 0.6) is 0 Å². The van der Waals surface area contributed by atoms with E-state index < -0.39 is 11.7 Å². The second kappa shape index (κ2) is 8.47. The summed E-state index contributed by atoms with van der Waals surface area (Å²) in [6, 6.07) is 15.1. The number of rotatable bonds is 4. The van der Waals surface area contributed by atoms with Crippen LogP contribution in [-0.2, 0) is 11.0 Å². The zero-order valence-electron chi connectivity index (χ0n) is 16.4. The molecule has 2 heterocycles. The average Bonchev–Trinajstić information content (AvgIpc) is 3.25. The average molecular weight is 416 g/mol. The first-order valence-corrected chi connectivity index (χ1v) is 9.96. The summed E-state index contributed by atoms with van der Waals surface area (Å²) in [4.78, 5) is 16.8. The molecule has 2 aromatic rings. The van der Waals surface area contributed by atoms with E-state index in [4.69, 9.17) is 0 Å². The van der Waals surface area contributed by atoms with E-state index in [9.17, 15) is 18.0 Å². The molecule has 1 fully saturated rings. The molecule has 0 bridgehead atoms. The molecular weight excluding hydrogens is 393 g/mol. The molecule has 0 N–H and O–H groups in total. The van der Waals surface area contributed by atoms with Crippen LogP contribution in [-0.4, -0.2) is 54.8 Å². The van der Waals surface area contributed by atoms with Crippen molar-refractivity contribution in [2.24, 2.45) is 5.10 Å². The number of amides is 1. The minimum atomic E-state index is -4.35. The van der Waals surface area contributed by atoms with Crippen molar-refractivity contribution < 1.29 is 18.0 Å². The van der Waals surface area contributed by atoms with Gasteiger partial charge in [-0.05, 0) is 23.8 Å². The standard InChI is InChI=1S/C22H23F3N4O/c23-22(24,25)18-7-4-8-19(15-18)28-13-11-27(12-14-28)16-21(30)29-20(9-10-26-29)17-5-2-1-3-6-17/h1-8,10,15,20H,9,11-14,16H2/t20-/m0/s1. The second-order valence-corrected chi connectivity index (χ2v) is 7.51. The highest BCUT2D eigenvalue weighted by Crippen LogP contribution is 2.32. The van der Waals surface area contributed by atoms with Crippen molar-refractivity contribution in [2.75, 3.05) is 37.6 Å². The molecule has 1 saturated heterocycles. The normalized spacial score (nSPS) is 20.0. The number of anilines is 1. The lowest BCUT2D eigenvalue weighted by Crippen LogP contribution is -2.49. The topological polar surface area (TPSA) is 39.2 Å². The Morgan fingerprint density at radius 1 is 1.00 bits per heavy atom. The lowest BCUT2D eigenvalue weighted by molar-refractivity contribution is -0.137. The molecule has 8 heteroatoms. The highest BCUT2D eigenvalue weighted by Gasteiger charge is 2.32. The first kappa shape index (κ1) is 20.4. The molecule has 0 unspecified atom stereocenters. The van der Waals surface area contributed by atoms with Crippen molar-refractivity contribution in [1.29, 1.82) is 0 Å². The zero-order chi connectivity index (χ0) is 21.1. The van der Waals surface area contributed by atoms with Crippen LogP contribution in [0.4, 0.5) is 18.9 Å². The number of hydrogen-bond donors (Lipinski definition) is 0. The summed E-state index contributed by atoms with van der Waals surface area (Å²) in [5.74, 6) is -0.0647. The Bertz CT molecular complexity index is 908. The van der Waals surface area contributed by atoms with Crippen LogP contribution in [0.1, 0.15) is 23.6 Å². The summed E-state index contributed by atoms with van der Waals surface area (Å²) in [5.41, 5.74) is 0.971. The van der Waals surface area contributed by atoms with Gasteiger partial charge in [-0.2, -0.15) is 18.3 Å². The van der Waals surface area contributed by atoms with Crippen LogP contribution >= 0.6 is 0 Å². The molecule has 2 aliphatic rings. The summed E-state index contributed by atoms with van der Waals surface area (Å²) in [5, 5.41) is 5.82. The minimum Gasteiger partial charge on any atom is -0.369 e. The SMILES string of the molecule is O=C(CN1CCN(c2cccc(C(F)(F)F)c2)CC1)N1N=CC[C@H]1c1ccccc1. The predicted octanol–water partition coefficient (Wildman–Crippen LogP) is 3.79. The maximum absolute atomic E-state index is 13.0. The van der Waals surface area contributed by atoms with Crippen LogP contribution in [0.15, 0.2) is 59.7 Å². The Labute approximate surface area is 173 Å². The number of halogens is 3. The largest absolute Gasteiger partial charge is 0.416 e. The summed E-state index contributed by atoms with van der Waals surface area (Å²) < 4.78 is 38.9. The maximum Gasteiger partial charge on any atom is 0.416 e. The van der Waals surface area contributed by atoms with Crippen molar-refractivity contribution in [1.82, 2.24) is 9.91 Å². The van der Waals surface area contributed by atoms with E-state index in [0.717, 1.165) is 11.6 Å². The third-order valence-corrected chi connectivity index (χ3v) is 5.54. The molecule has 0 radical (unpaired) electrons. The van der Waals surface area contributed by atoms with E-state index in [1.165, 1.54) is 12.1 Å². The van der Waals surface area contributed by atoms with Crippen molar-refractivity contribution in [3.63, 3.8) is 0 Å². The Morgan fingerprint density at radius 3 is 2.43 bits per heavy atom. The smallest absolute Gasteiger partial charge is 0.369 e. The fourth-order valence-electron chi connectivity index (χ4n) is 3.91. The van der Waals surface area contributed by atoms with Crippen molar-refractivity contribution in [3.05, 3.63) is 65.7 Å². The molecule has 0 saturated carbocycles. The number of piperazine rings is 1. The van der Waals surface area contributed by atoms with E-state index in [2.05, 4.69) is 5.10 Å². The maximum atomic E-state index is 13.0. The third-order valence-electron chi connectivity index (χ3n) is 5.54. The van der Waals surface area contributed by atoms with Gasteiger partial charge in [0, 0.05) is 44.5 Å². The summed E-state index contributed by atoms with van der Waals surface area (Å²) in [6.45, 7) is 2.60. The van der Waals surface area contributed by atoms with Crippen LogP contribution in [0.3, 0.4) is 0 Å². The third kappa shape index (κ3) is 4.48. The Kier molecular flexibility index (Phi) is 5.76. The zero-order valence-corrected chi connectivity index (χ0v) is 16.4. The van der Waals surface area contributed by atoms with Gasteiger partial charge in [0.25, 0.3) is 5.91 Å². The highest BCUT2D eigenvalue weighted by atomic mass is 19.4. The predicted molar refractivity (Wildman–Crippen MR) is 109 cm³/mol. The molecule has 158 valence electrons. The van der Waals surface area contributed by atoms with Gasteiger partial charge in [0.1, 0.15) is 0 Å². The second-order valence-electron chi connectivity index (χ2n) is 7.51. The first-order valence-electron chi connectivity index (χ1n) is 9.96. The lowest BCUT2D eigenvalue weighted by Gasteiger charge is -2.36. The fourth-order valence-corrected chi connectivity index (χ4v) is 3.91. The highest BCUT2D eigenvalue weighted by molar-refractivity contribution is 5.81. The van der Waals surface area contributed by atoms with Gasteiger partial charge in [-0.25, -0.2) is 5.01 Å². The molecule has 1 atom stereocenters. The van der Waals surface area contributed by atoms with E-state index in [0.29, 0.717) is 38.3 Å². The molecule has 1 amide bonds. The van der Waals surface area contributed by atoms with Gasteiger partial charge in [-0.1, -0.05) is 36.4 Å². The quantitative estimate of drug-likeness (QED) is 0.762. The number of nitrogens with zero attached hydrogens (tertiary/aromatic N) is 4. The van der Waals surface area contributed by atoms with E-state index >= 15 is 0 Å². The molecule has 0 aliphatic carbocycles. The molecule has 4 rings (SSSR count). The van der Waals surface area contributed by atoms with Gasteiger partial charge in [-0.3, -0.25) is 9.69 Å². The number of alkyl halides is 3. The van der Waals surface area contributed by atoms with E-state index in [1.54, 1.807) is 17.3 Å². The summed E-state index contributed by atoms with van der Waals surface area (Å²) >= 11 is 0. The summed E-state index contributed by atoms with van der Waals surface area (Å²) in [6.07, 6.45) is -1.89. The van der Waals surface area contributed by atoms with Gasteiger partial charge in [0.15, 0.2) is 0 Å². The van der Waals surface area contributed by atoms with Crippen molar-refractivity contribution in [2.45, 2.75) is 18.6 Å². The molecule has 2 aromatic carbocycles. The fraction of sp³-hybridized carbons (Fsp3) is 0.364. The van der Waals surface area contributed by atoms with Crippen LogP contribution in [0.2, 0.25) is 0 Å².